The topological polar surface area (TPSA) is 23.5 Å². The first-order valence-corrected chi connectivity index (χ1v) is 8.42. The van der Waals surface area contributed by atoms with Crippen LogP contribution in [-0.4, -0.2) is 28.6 Å². The van der Waals surface area contributed by atoms with Gasteiger partial charge in [-0.15, -0.1) is 0 Å². The third-order valence-electron chi connectivity index (χ3n) is 6.55. The molecule has 2 heteroatoms. The van der Waals surface area contributed by atoms with Crippen molar-refractivity contribution in [2.45, 2.75) is 71.4 Å². The number of likely N-dealkylation sites (tertiary alicyclic amines) is 1. The van der Waals surface area contributed by atoms with Crippen molar-refractivity contribution in [1.29, 1.82) is 0 Å². The number of piperidine rings is 1. The van der Waals surface area contributed by atoms with Gasteiger partial charge in [0.05, 0.1) is 0 Å². The molecule has 2 bridgehead atoms. The first-order chi connectivity index (χ1) is 9.85. The minimum Gasteiger partial charge on any atom is -0.508 e. The highest BCUT2D eigenvalue weighted by Crippen LogP contribution is 2.59. The molecule has 0 saturated carbocycles. The Hall–Kier alpha value is -1.02. The van der Waals surface area contributed by atoms with Gasteiger partial charge in [0.2, 0.25) is 0 Å². The van der Waals surface area contributed by atoms with E-state index in [9.17, 15) is 5.11 Å². The first kappa shape index (κ1) is 14.9. The number of rotatable bonds is 2. The minimum atomic E-state index is 0.113. The largest absolute Gasteiger partial charge is 0.508 e. The van der Waals surface area contributed by atoms with Crippen LogP contribution in [0.3, 0.4) is 0 Å². The van der Waals surface area contributed by atoms with Gasteiger partial charge in [0.15, 0.2) is 0 Å². The van der Waals surface area contributed by atoms with Gasteiger partial charge in [0.25, 0.3) is 0 Å². The average Bonchev–Trinajstić information content (AvgIpc) is 2.39. The summed E-state index contributed by atoms with van der Waals surface area (Å²) in [4.78, 5) is 2.68. The molecular formula is C19H29NO. The summed E-state index contributed by atoms with van der Waals surface area (Å²) in [6.45, 7) is 12.9. The molecule has 1 aliphatic carbocycles. The van der Waals surface area contributed by atoms with E-state index >= 15 is 0 Å². The van der Waals surface area contributed by atoms with Crippen molar-refractivity contribution in [1.82, 2.24) is 4.90 Å². The Morgan fingerprint density at radius 1 is 1.33 bits per heavy atom. The monoisotopic (exact) mass is 287 g/mol. The molecule has 2 unspecified atom stereocenters. The second-order valence-electron chi connectivity index (χ2n) is 7.77. The van der Waals surface area contributed by atoms with E-state index < -0.39 is 0 Å². The molecule has 3 rings (SSSR count). The lowest BCUT2D eigenvalue weighted by atomic mass is 9.49. The fourth-order valence-corrected chi connectivity index (χ4v) is 5.30. The van der Waals surface area contributed by atoms with Crippen LogP contribution in [0.1, 0.15) is 58.6 Å². The maximum absolute atomic E-state index is 10.6. The van der Waals surface area contributed by atoms with Crippen LogP contribution >= 0.6 is 0 Å². The zero-order valence-corrected chi connectivity index (χ0v) is 14.1. The minimum absolute atomic E-state index is 0.113. The molecule has 1 fully saturated rings. The Kier molecular flexibility index (Phi) is 3.36. The number of benzene rings is 1. The van der Waals surface area contributed by atoms with E-state index in [1.165, 1.54) is 11.1 Å². The highest BCUT2D eigenvalue weighted by atomic mass is 16.3. The first-order valence-electron chi connectivity index (χ1n) is 8.42. The van der Waals surface area contributed by atoms with Gasteiger partial charge in [0, 0.05) is 23.1 Å². The van der Waals surface area contributed by atoms with E-state index in [1.807, 2.05) is 12.1 Å². The number of phenols is 1. The summed E-state index contributed by atoms with van der Waals surface area (Å²) in [5.41, 5.74) is 2.92. The molecule has 2 aliphatic rings. The Bertz CT molecular complexity index is 548. The molecule has 1 saturated heterocycles. The van der Waals surface area contributed by atoms with Crippen LogP contribution in [0.4, 0.5) is 0 Å². The average molecular weight is 287 g/mol. The van der Waals surface area contributed by atoms with Crippen LogP contribution in [0, 0.1) is 5.41 Å². The van der Waals surface area contributed by atoms with Gasteiger partial charge >= 0.3 is 0 Å². The molecule has 116 valence electrons. The fourth-order valence-electron chi connectivity index (χ4n) is 5.30. The molecule has 1 heterocycles. The van der Waals surface area contributed by atoms with Crippen molar-refractivity contribution in [2.75, 3.05) is 6.54 Å². The van der Waals surface area contributed by atoms with Crippen molar-refractivity contribution < 1.29 is 5.11 Å². The Morgan fingerprint density at radius 2 is 2.05 bits per heavy atom. The molecule has 1 aromatic carbocycles. The van der Waals surface area contributed by atoms with Crippen LogP contribution in [0.25, 0.3) is 0 Å². The zero-order valence-electron chi connectivity index (χ0n) is 14.1. The summed E-state index contributed by atoms with van der Waals surface area (Å²) < 4.78 is 0. The maximum Gasteiger partial charge on any atom is 0.119 e. The van der Waals surface area contributed by atoms with Gasteiger partial charge in [-0.3, -0.25) is 4.90 Å². The van der Waals surface area contributed by atoms with E-state index in [4.69, 9.17) is 0 Å². The Labute approximate surface area is 129 Å². The van der Waals surface area contributed by atoms with Crippen molar-refractivity contribution in [2.24, 2.45) is 5.41 Å². The summed E-state index contributed by atoms with van der Waals surface area (Å²) in [7, 11) is 0. The zero-order chi connectivity index (χ0) is 15.4. The lowest BCUT2D eigenvalue weighted by Gasteiger charge is -2.63. The number of hydrogen-bond donors (Lipinski definition) is 1. The quantitative estimate of drug-likeness (QED) is 0.885. The standard InChI is InChI=1S/C19H29NO/c1-6-19-10-11-20(13(2)3)16(18(19,4)5)12-14-8-7-9-15(21)17(14)19/h7-9,13,16,21H,6,10-12H2,1-5H3. The molecule has 2 atom stereocenters. The lowest BCUT2D eigenvalue weighted by molar-refractivity contribution is -0.0624. The van der Waals surface area contributed by atoms with E-state index in [1.54, 1.807) is 0 Å². The Balaban J connectivity index is 2.22. The van der Waals surface area contributed by atoms with Gasteiger partial charge in [-0.2, -0.15) is 0 Å². The van der Waals surface area contributed by atoms with Gasteiger partial charge in [-0.25, -0.2) is 0 Å². The second kappa shape index (κ2) is 4.74. The van der Waals surface area contributed by atoms with E-state index in [-0.39, 0.29) is 10.8 Å². The third kappa shape index (κ3) is 1.81. The normalized spacial score (nSPS) is 31.2. The molecule has 1 N–H and O–H groups in total. The number of hydrogen-bond acceptors (Lipinski definition) is 2. The fraction of sp³-hybridized carbons (Fsp3) is 0.684. The number of nitrogens with zero attached hydrogens (tertiary/aromatic N) is 1. The van der Waals surface area contributed by atoms with Gasteiger partial charge in [0.1, 0.15) is 5.75 Å². The molecule has 1 aromatic rings. The molecule has 1 aliphatic heterocycles. The molecule has 0 radical (unpaired) electrons. The van der Waals surface area contributed by atoms with E-state index in [2.05, 4.69) is 45.6 Å². The maximum atomic E-state index is 10.6. The predicted molar refractivity (Wildman–Crippen MR) is 87.8 cm³/mol. The van der Waals surface area contributed by atoms with Crippen LogP contribution in [-0.2, 0) is 11.8 Å². The van der Waals surface area contributed by atoms with Crippen LogP contribution in [0.15, 0.2) is 18.2 Å². The van der Waals surface area contributed by atoms with Gasteiger partial charge < -0.3 is 5.11 Å². The number of fused-ring (bicyclic) bond motifs is 4. The molecule has 0 spiro atoms. The second-order valence-corrected chi connectivity index (χ2v) is 7.77. The number of phenolic OH excluding ortho intramolecular Hbond substituents is 1. The van der Waals surface area contributed by atoms with Crippen LogP contribution in [0.5, 0.6) is 5.75 Å². The summed E-state index contributed by atoms with van der Waals surface area (Å²) >= 11 is 0. The van der Waals surface area contributed by atoms with Gasteiger partial charge in [-0.05, 0) is 56.7 Å². The van der Waals surface area contributed by atoms with E-state index in [0.29, 0.717) is 17.8 Å². The van der Waals surface area contributed by atoms with E-state index in [0.717, 1.165) is 25.8 Å². The molecule has 2 nitrogen and oxygen atoms in total. The smallest absolute Gasteiger partial charge is 0.119 e. The summed E-state index contributed by atoms with van der Waals surface area (Å²) in [5, 5.41) is 10.6. The SMILES string of the molecule is CCC12CCN(C(C)C)C(Cc3cccc(O)c31)C2(C)C. The summed E-state index contributed by atoms with van der Waals surface area (Å²) in [6.07, 6.45) is 3.32. The van der Waals surface area contributed by atoms with Crippen molar-refractivity contribution in [3.8, 4) is 5.75 Å². The molecule has 0 aromatic heterocycles. The molecular weight excluding hydrogens is 258 g/mol. The van der Waals surface area contributed by atoms with Crippen LogP contribution in [0.2, 0.25) is 0 Å². The summed E-state index contributed by atoms with van der Waals surface area (Å²) in [5.74, 6) is 0.513. The van der Waals surface area contributed by atoms with Gasteiger partial charge in [-0.1, -0.05) is 32.9 Å². The van der Waals surface area contributed by atoms with Crippen LogP contribution < -0.4 is 0 Å². The summed E-state index contributed by atoms with van der Waals surface area (Å²) in [6, 6.07) is 7.27. The van der Waals surface area contributed by atoms with Crippen molar-refractivity contribution in [3.63, 3.8) is 0 Å². The third-order valence-corrected chi connectivity index (χ3v) is 6.55. The van der Waals surface area contributed by atoms with Crippen molar-refractivity contribution >= 4 is 0 Å². The predicted octanol–water partition coefficient (Wildman–Crippen LogP) is 4.11. The molecule has 0 amide bonds. The molecule has 21 heavy (non-hydrogen) atoms. The highest BCUT2D eigenvalue weighted by Gasteiger charge is 2.58. The highest BCUT2D eigenvalue weighted by molar-refractivity contribution is 5.50. The lowest BCUT2D eigenvalue weighted by Crippen LogP contribution is -2.65. The Morgan fingerprint density at radius 3 is 2.67 bits per heavy atom. The van der Waals surface area contributed by atoms with Crippen molar-refractivity contribution in [3.05, 3.63) is 29.3 Å². The number of aromatic hydroxyl groups is 1.